The monoisotopic (exact) mass is 281 g/mol. The molecule has 0 aromatic heterocycles. The number of hydrogen-bond acceptors (Lipinski definition) is 3. The highest BCUT2D eigenvalue weighted by atomic mass is 35.5. The molecule has 0 bridgehead atoms. The minimum atomic E-state index is -3.96. The quantitative estimate of drug-likeness (QED) is 0.863. The van der Waals surface area contributed by atoms with Gasteiger partial charge in [-0.15, -0.1) is 0 Å². The Kier molecular flexibility index (Phi) is 3.96. The van der Waals surface area contributed by atoms with E-state index in [2.05, 4.69) is 0 Å². The van der Waals surface area contributed by atoms with Crippen LogP contribution in [0, 0.1) is 0 Å². The Morgan fingerprint density at radius 1 is 1.38 bits per heavy atom. The summed E-state index contributed by atoms with van der Waals surface area (Å²) >= 11 is 11.6. The van der Waals surface area contributed by atoms with Crippen LogP contribution in [0.15, 0.2) is 17.0 Å². The van der Waals surface area contributed by atoms with E-state index in [1.165, 1.54) is 12.1 Å². The molecule has 0 heterocycles. The van der Waals surface area contributed by atoms with E-state index in [9.17, 15) is 13.2 Å². The van der Waals surface area contributed by atoms with Crippen LogP contribution < -0.4 is 5.14 Å². The maximum Gasteiger partial charge on any atom is 0.239 e. The van der Waals surface area contributed by atoms with Crippen molar-refractivity contribution in [2.45, 2.75) is 18.2 Å². The molecule has 0 aliphatic heterocycles. The fourth-order valence-electron chi connectivity index (χ4n) is 1.19. The second kappa shape index (κ2) is 4.71. The number of halogens is 2. The number of primary sulfonamides is 1. The summed E-state index contributed by atoms with van der Waals surface area (Å²) in [5.41, 5.74) is -0.00245. The van der Waals surface area contributed by atoms with Crippen molar-refractivity contribution in [1.82, 2.24) is 0 Å². The summed E-state index contributed by atoms with van der Waals surface area (Å²) in [7, 11) is -3.96. The molecule has 1 rings (SSSR count). The van der Waals surface area contributed by atoms with Gasteiger partial charge in [-0.1, -0.05) is 30.1 Å². The van der Waals surface area contributed by atoms with Crippen molar-refractivity contribution in [3.05, 3.63) is 27.7 Å². The standard InChI is InChI=1S/C9H9Cl2NO3S/c1-2-6(13)8-5(10)3-4-7(9(8)11)16(12,14)15/h3-4H,2H2,1H3,(H2,12,14,15). The van der Waals surface area contributed by atoms with Gasteiger partial charge < -0.3 is 0 Å². The molecule has 1 aromatic carbocycles. The lowest BCUT2D eigenvalue weighted by Gasteiger charge is -2.08. The van der Waals surface area contributed by atoms with Crippen LogP contribution in [-0.2, 0) is 10.0 Å². The van der Waals surface area contributed by atoms with Gasteiger partial charge in [0.25, 0.3) is 0 Å². The number of rotatable bonds is 3. The summed E-state index contributed by atoms with van der Waals surface area (Å²) < 4.78 is 22.3. The predicted molar refractivity (Wildman–Crippen MR) is 62.5 cm³/mol. The molecule has 7 heteroatoms. The minimum absolute atomic E-state index is 0.00245. The first-order valence-corrected chi connectivity index (χ1v) is 6.63. The SMILES string of the molecule is CCC(=O)c1c(Cl)ccc(S(N)(=O)=O)c1Cl. The first-order valence-electron chi connectivity index (χ1n) is 4.33. The Morgan fingerprint density at radius 2 is 1.94 bits per heavy atom. The molecule has 0 atom stereocenters. The zero-order valence-corrected chi connectivity index (χ0v) is 10.7. The van der Waals surface area contributed by atoms with E-state index in [1.54, 1.807) is 6.92 Å². The number of ketones is 1. The Morgan fingerprint density at radius 3 is 2.38 bits per heavy atom. The van der Waals surface area contributed by atoms with Gasteiger partial charge in [0, 0.05) is 6.42 Å². The number of hydrogen-bond donors (Lipinski definition) is 1. The summed E-state index contributed by atoms with van der Waals surface area (Å²) in [6.45, 7) is 1.62. The van der Waals surface area contributed by atoms with Crippen molar-refractivity contribution in [2.75, 3.05) is 0 Å². The van der Waals surface area contributed by atoms with Crippen LogP contribution in [0.4, 0.5) is 0 Å². The van der Waals surface area contributed by atoms with Gasteiger partial charge in [0.05, 0.1) is 15.6 Å². The van der Waals surface area contributed by atoms with Crippen LogP contribution in [0.3, 0.4) is 0 Å². The Bertz CT molecular complexity index is 540. The van der Waals surface area contributed by atoms with Crippen molar-refractivity contribution in [2.24, 2.45) is 5.14 Å². The second-order valence-electron chi connectivity index (χ2n) is 3.06. The molecule has 0 unspecified atom stereocenters. The highest BCUT2D eigenvalue weighted by Crippen LogP contribution is 2.31. The third kappa shape index (κ3) is 2.55. The molecule has 88 valence electrons. The average molecular weight is 282 g/mol. The first-order chi connectivity index (χ1) is 7.29. The minimum Gasteiger partial charge on any atom is -0.294 e. The van der Waals surface area contributed by atoms with Crippen molar-refractivity contribution in [1.29, 1.82) is 0 Å². The Hall–Kier alpha value is -0.620. The van der Waals surface area contributed by atoms with Gasteiger partial charge in [0.1, 0.15) is 4.90 Å². The van der Waals surface area contributed by atoms with Crippen molar-refractivity contribution in [3.63, 3.8) is 0 Å². The fourth-order valence-corrected chi connectivity index (χ4v) is 2.70. The van der Waals surface area contributed by atoms with Gasteiger partial charge in [-0.05, 0) is 12.1 Å². The lowest BCUT2D eigenvalue weighted by atomic mass is 10.1. The fraction of sp³-hybridized carbons (Fsp3) is 0.222. The largest absolute Gasteiger partial charge is 0.294 e. The van der Waals surface area contributed by atoms with E-state index in [1.807, 2.05) is 0 Å². The third-order valence-corrected chi connectivity index (χ3v) is 3.74. The number of benzene rings is 1. The van der Waals surface area contributed by atoms with Gasteiger partial charge in [-0.25, -0.2) is 13.6 Å². The van der Waals surface area contributed by atoms with Crippen molar-refractivity contribution >= 4 is 39.0 Å². The third-order valence-electron chi connectivity index (χ3n) is 1.96. The summed E-state index contributed by atoms with van der Waals surface area (Å²) in [6, 6.07) is 2.46. The summed E-state index contributed by atoms with van der Waals surface area (Å²) in [5, 5.41) is 4.85. The lowest BCUT2D eigenvalue weighted by molar-refractivity contribution is 0.0988. The molecule has 4 nitrogen and oxygen atoms in total. The number of carbonyl (C=O) groups is 1. The van der Waals surface area contributed by atoms with Gasteiger partial charge in [0.15, 0.2) is 5.78 Å². The molecule has 2 N–H and O–H groups in total. The number of nitrogens with two attached hydrogens (primary N) is 1. The average Bonchev–Trinajstić information content (AvgIpc) is 2.15. The van der Waals surface area contributed by atoms with Crippen molar-refractivity contribution < 1.29 is 13.2 Å². The molecule has 0 amide bonds. The molecule has 0 fully saturated rings. The predicted octanol–water partition coefficient (Wildman–Crippen LogP) is 2.23. The normalized spacial score (nSPS) is 11.5. The molecule has 0 aliphatic rings. The van der Waals surface area contributed by atoms with Gasteiger partial charge in [0.2, 0.25) is 10.0 Å². The lowest BCUT2D eigenvalue weighted by Crippen LogP contribution is -2.14. The van der Waals surface area contributed by atoms with Crippen LogP contribution in [0.2, 0.25) is 10.0 Å². The zero-order valence-electron chi connectivity index (χ0n) is 8.33. The van der Waals surface area contributed by atoms with Gasteiger partial charge >= 0.3 is 0 Å². The van der Waals surface area contributed by atoms with Crippen LogP contribution in [0.1, 0.15) is 23.7 Å². The Balaban J connectivity index is 3.57. The summed E-state index contributed by atoms with van der Waals surface area (Å²) in [6.07, 6.45) is 0.174. The topological polar surface area (TPSA) is 77.2 Å². The molecule has 1 aromatic rings. The molecular weight excluding hydrogens is 273 g/mol. The molecule has 0 saturated carbocycles. The maximum atomic E-state index is 11.5. The Labute approximate surface area is 103 Å². The molecule has 0 spiro atoms. The smallest absolute Gasteiger partial charge is 0.239 e. The maximum absolute atomic E-state index is 11.5. The van der Waals surface area contributed by atoms with E-state index in [-0.39, 0.29) is 32.7 Å². The van der Waals surface area contributed by atoms with E-state index in [0.717, 1.165) is 0 Å². The highest BCUT2D eigenvalue weighted by Gasteiger charge is 2.21. The number of carbonyl (C=O) groups excluding carboxylic acids is 1. The zero-order chi connectivity index (χ0) is 12.5. The van der Waals surface area contributed by atoms with Crippen LogP contribution in [0.5, 0.6) is 0 Å². The first kappa shape index (κ1) is 13.4. The van der Waals surface area contributed by atoms with E-state index >= 15 is 0 Å². The van der Waals surface area contributed by atoms with E-state index in [0.29, 0.717) is 0 Å². The molecular formula is C9H9Cl2NO3S. The van der Waals surface area contributed by atoms with E-state index in [4.69, 9.17) is 28.3 Å². The van der Waals surface area contributed by atoms with Crippen molar-refractivity contribution in [3.8, 4) is 0 Å². The van der Waals surface area contributed by atoms with Gasteiger partial charge in [-0.3, -0.25) is 4.79 Å². The van der Waals surface area contributed by atoms with Gasteiger partial charge in [-0.2, -0.15) is 0 Å². The summed E-state index contributed by atoms with van der Waals surface area (Å²) in [4.78, 5) is 11.2. The number of Topliss-reactive ketones (excluding diaryl/α,β-unsaturated/α-hetero) is 1. The number of sulfonamides is 1. The second-order valence-corrected chi connectivity index (χ2v) is 5.37. The molecule has 16 heavy (non-hydrogen) atoms. The molecule has 0 aliphatic carbocycles. The molecule has 0 radical (unpaired) electrons. The van der Waals surface area contributed by atoms with Crippen LogP contribution in [0.25, 0.3) is 0 Å². The molecule has 0 saturated heterocycles. The van der Waals surface area contributed by atoms with E-state index < -0.39 is 10.0 Å². The van der Waals surface area contributed by atoms with Crippen LogP contribution in [-0.4, -0.2) is 14.2 Å². The van der Waals surface area contributed by atoms with Crippen LogP contribution >= 0.6 is 23.2 Å². The summed E-state index contributed by atoms with van der Waals surface area (Å²) in [5.74, 6) is -0.333. The highest BCUT2D eigenvalue weighted by molar-refractivity contribution is 7.89.